The first-order valence-electron chi connectivity index (χ1n) is 8.34. The van der Waals surface area contributed by atoms with Crippen LogP contribution in [-0.4, -0.2) is 15.4 Å². The van der Waals surface area contributed by atoms with Gasteiger partial charge in [-0.1, -0.05) is 66.2 Å². The van der Waals surface area contributed by atoms with Crippen molar-refractivity contribution < 1.29 is 9.90 Å². The first kappa shape index (κ1) is 17.1. The van der Waals surface area contributed by atoms with E-state index in [0.29, 0.717) is 22.1 Å². The van der Waals surface area contributed by atoms with E-state index in [0.717, 1.165) is 22.8 Å². The van der Waals surface area contributed by atoms with Crippen LogP contribution in [0.3, 0.4) is 0 Å². The molecule has 132 valence electrons. The quantitative estimate of drug-likeness (QED) is 0.506. The lowest BCUT2D eigenvalue weighted by atomic mass is 10.0. The number of nitrogens with zero attached hydrogens (tertiary/aromatic N) is 2. The second-order valence-corrected chi connectivity index (χ2v) is 6.45. The number of rotatable bonds is 4. The lowest BCUT2D eigenvalue weighted by Crippen LogP contribution is -2.18. The van der Waals surface area contributed by atoms with E-state index >= 15 is 0 Å². The van der Waals surface area contributed by atoms with Gasteiger partial charge in [0.2, 0.25) is 0 Å². The highest BCUT2D eigenvalue weighted by atomic mass is 35.5. The fraction of sp³-hybridized carbons (Fsp3) is 0. The van der Waals surface area contributed by atoms with Gasteiger partial charge in [-0.25, -0.2) is 4.98 Å². The Morgan fingerprint density at radius 2 is 1.59 bits per heavy atom. The third-order valence-corrected chi connectivity index (χ3v) is 4.49. The third kappa shape index (κ3) is 3.48. The Bertz CT molecular complexity index is 1150. The molecule has 5 heteroatoms. The van der Waals surface area contributed by atoms with Crippen molar-refractivity contribution in [1.29, 1.82) is 0 Å². The average molecular weight is 374 g/mol. The first-order chi connectivity index (χ1) is 13.1. The van der Waals surface area contributed by atoms with Gasteiger partial charge in [-0.15, -0.1) is 0 Å². The number of carbonyl (C=O) groups is 1. The monoisotopic (exact) mass is 373 g/mol. The predicted octanol–water partition coefficient (Wildman–Crippen LogP) is 4.08. The highest BCUT2D eigenvalue weighted by Crippen LogP contribution is 2.29. The smallest absolute Gasteiger partial charge is 0.138 e. The van der Waals surface area contributed by atoms with Crippen molar-refractivity contribution in [1.82, 2.24) is 9.38 Å². The van der Waals surface area contributed by atoms with E-state index in [1.807, 2.05) is 42.5 Å². The molecule has 4 aromatic rings. The Hall–Kier alpha value is -3.37. The van der Waals surface area contributed by atoms with Gasteiger partial charge >= 0.3 is 0 Å². The molecule has 0 saturated heterocycles. The number of hydrogen-bond donors (Lipinski definition) is 0. The van der Waals surface area contributed by atoms with E-state index in [1.165, 1.54) is 6.08 Å². The molecule has 2 heterocycles. The molecule has 0 spiro atoms. The fourth-order valence-electron chi connectivity index (χ4n) is 3.01. The lowest BCUT2D eigenvalue weighted by Gasteiger charge is -2.05. The average Bonchev–Trinajstić information content (AvgIpc) is 3.05. The zero-order valence-electron chi connectivity index (χ0n) is 14.2. The third-order valence-electron chi connectivity index (χ3n) is 4.26. The van der Waals surface area contributed by atoms with E-state index in [2.05, 4.69) is 17.1 Å². The maximum Gasteiger partial charge on any atom is 0.138 e. The molecule has 0 radical (unpaired) electrons. The molecule has 0 aliphatic carbocycles. The molecule has 4 rings (SSSR count). The summed E-state index contributed by atoms with van der Waals surface area (Å²) < 4.78 is 1.77. The topological polar surface area (TPSA) is 57.4 Å². The molecule has 27 heavy (non-hydrogen) atoms. The number of pyridine rings is 1. The molecule has 0 aliphatic heterocycles. The van der Waals surface area contributed by atoms with E-state index in [-0.39, 0.29) is 0 Å². The van der Waals surface area contributed by atoms with Crippen LogP contribution in [-0.2, 0) is 4.79 Å². The van der Waals surface area contributed by atoms with Crippen molar-refractivity contribution in [3.05, 3.63) is 89.7 Å². The van der Waals surface area contributed by atoms with Crippen molar-refractivity contribution in [2.75, 3.05) is 0 Å². The van der Waals surface area contributed by atoms with Gasteiger partial charge in [0, 0.05) is 11.8 Å². The number of aliphatic carboxylic acids is 1. The van der Waals surface area contributed by atoms with Crippen LogP contribution in [0.25, 0.3) is 34.1 Å². The summed E-state index contributed by atoms with van der Waals surface area (Å²) in [6.07, 6.45) is 4.18. The van der Waals surface area contributed by atoms with Crippen molar-refractivity contribution >= 4 is 29.3 Å². The SMILES string of the molecule is O=C([O-])/C=C/c1c(-c2ccc(-c3ccccc3)cc2)nc2ccc(Cl)cn12. The first-order valence-corrected chi connectivity index (χ1v) is 8.72. The molecule has 0 fully saturated rings. The molecule has 2 aromatic carbocycles. The highest BCUT2D eigenvalue weighted by molar-refractivity contribution is 6.30. The number of carboxylic acids is 1. The molecule has 2 aromatic heterocycles. The minimum absolute atomic E-state index is 0.536. The normalized spacial score (nSPS) is 11.3. The van der Waals surface area contributed by atoms with Crippen LogP contribution < -0.4 is 5.11 Å². The molecule has 0 atom stereocenters. The second-order valence-electron chi connectivity index (χ2n) is 6.02. The van der Waals surface area contributed by atoms with Crippen LogP contribution in [0, 0.1) is 0 Å². The predicted molar refractivity (Wildman–Crippen MR) is 105 cm³/mol. The van der Waals surface area contributed by atoms with E-state index in [4.69, 9.17) is 11.6 Å². The van der Waals surface area contributed by atoms with Crippen LogP contribution >= 0.6 is 11.6 Å². The fourth-order valence-corrected chi connectivity index (χ4v) is 3.17. The van der Waals surface area contributed by atoms with Gasteiger partial charge in [-0.05, 0) is 35.4 Å². The molecule has 0 aliphatic rings. The minimum Gasteiger partial charge on any atom is -0.545 e. The highest BCUT2D eigenvalue weighted by Gasteiger charge is 2.12. The van der Waals surface area contributed by atoms with Gasteiger partial charge in [-0.3, -0.25) is 4.40 Å². The van der Waals surface area contributed by atoms with Crippen LogP contribution in [0.15, 0.2) is 79.0 Å². The summed E-state index contributed by atoms with van der Waals surface area (Å²) in [5, 5.41) is 11.4. The Balaban J connectivity index is 1.83. The molecular weight excluding hydrogens is 360 g/mol. The summed E-state index contributed by atoms with van der Waals surface area (Å²) in [6.45, 7) is 0. The van der Waals surface area contributed by atoms with Gasteiger partial charge in [0.15, 0.2) is 0 Å². The molecule has 0 N–H and O–H groups in total. The van der Waals surface area contributed by atoms with E-state index in [1.54, 1.807) is 22.7 Å². The summed E-state index contributed by atoms with van der Waals surface area (Å²) in [4.78, 5) is 15.5. The van der Waals surface area contributed by atoms with Gasteiger partial charge in [-0.2, -0.15) is 0 Å². The molecular formula is C22H14ClN2O2-. The minimum atomic E-state index is -1.27. The number of carboxylic acid groups (broad SMARTS) is 1. The Morgan fingerprint density at radius 1 is 0.926 bits per heavy atom. The van der Waals surface area contributed by atoms with Gasteiger partial charge in [0.25, 0.3) is 0 Å². The number of halogens is 1. The maximum absolute atomic E-state index is 10.9. The Labute approximate surface area is 161 Å². The number of aromatic nitrogens is 2. The Kier molecular flexibility index (Phi) is 4.48. The molecule has 0 bridgehead atoms. The molecule has 4 nitrogen and oxygen atoms in total. The van der Waals surface area contributed by atoms with Gasteiger partial charge < -0.3 is 9.90 Å². The summed E-state index contributed by atoms with van der Waals surface area (Å²) in [6, 6.07) is 21.6. The summed E-state index contributed by atoms with van der Waals surface area (Å²) >= 11 is 6.10. The number of hydrogen-bond acceptors (Lipinski definition) is 3. The zero-order valence-corrected chi connectivity index (χ0v) is 14.9. The Morgan fingerprint density at radius 3 is 2.30 bits per heavy atom. The van der Waals surface area contributed by atoms with Gasteiger partial charge in [0.1, 0.15) is 5.65 Å². The number of carbonyl (C=O) groups excluding carboxylic acids is 1. The second kappa shape index (κ2) is 7.09. The number of imidazole rings is 1. The zero-order chi connectivity index (χ0) is 18.8. The van der Waals surface area contributed by atoms with Crippen molar-refractivity contribution in [3.8, 4) is 22.4 Å². The van der Waals surface area contributed by atoms with E-state index < -0.39 is 5.97 Å². The standard InChI is InChI=1S/C22H15ClN2O2/c23-18-10-12-20-24-22(19(25(20)14-18)11-13-21(26)27)17-8-6-16(7-9-17)15-4-2-1-3-5-15/h1-14H,(H,26,27)/p-1/b13-11+. The molecule has 0 unspecified atom stereocenters. The molecule has 0 saturated carbocycles. The summed E-state index contributed by atoms with van der Waals surface area (Å²) in [5.41, 5.74) is 5.09. The number of fused-ring (bicyclic) bond motifs is 1. The van der Waals surface area contributed by atoms with E-state index in [9.17, 15) is 9.90 Å². The summed E-state index contributed by atoms with van der Waals surface area (Å²) in [5.74, 6) is -1.27. The van der Waals surface area contributed by atoms with Crippen LogP contribution in [0.2, 0.25) is 5.02 Å². The van der Waals surface area contributed by atoms with Crippen LogP contribution in [0.5, 0.6) is 0 Å². The number of benzene rings is 2. The van der Waals surface area contributed by atoms with Crippen LogP contribution in [0.4, 0.5) is 0 Å². The lowest BCUT2D eigenvalue weighted by molar-refractivity contribution is -0.297. The maximum atomic E-state index is 10.9. The van der Waals surface area contributed by atoms with Gasteiger partial charge in [0.05, 0.1) is 22.4 Å². The molecule has 0 amide bonds. The van der Waals surface area contributed by atoms with Crippen LogP contribution in [0.1, 0.15) is 5.69 Å². The van der Waals surface area contributed by atoms with Crippen molar-refractivity contribution in [2.45, 2.75) is 0 Å². The van der Waals surface area contributed by atoms with Crippen molar-refractivity contribution in [2.24, 2.45) is 0 Å². The largest absolute Gasteiger partial charge is 0.545 e. The van der Waals surface area contributed by atoms with Crippen molar-refractivity contribution in [3.63, 3.8) is 0 Å². The summed E-state index contributed by atoms with van der Waals surface area (Å²) in [7, 11) is 0.